The van der Waals surface area contributed by atoms with E-state index in [0.717, 1.165) is 10.9 Å². The van der Waals surface area contributed by atoms with Gasteiger partial charge in [0, 0.05) is 49.3 Å². The first-order valence-corrected chi connectivity index (χ1v) is 10.4. The predicted octanol–water partition coefficient (Wildman–Crippen LogP) is 2.20. The van der Waals surface area contributed by atoms with E-state index in [1.807, 2.05) is 17.5 Å². The van der Waals surface area contributed by atoms with Crippen LogP contribution in [0.4, 0.5) is 5.69 Å². The summed E-state index contributed by atoms with van der Waals surface area (Å²) in [7, 11) is -3.84. The Labute approximate surface area is 160 Å². The number of thiophene rings is 1. The minimum Gasteiger partial charge on any atom is -0.337 e. The van der Waals surface area contributed by atoms with Crippen molar-refractivity contribution in [1.29, 1.82) is 0 Å². The minimum absolute atomic E-state index is 0.117. The first kappa shape index (κ1) is 19.2. The van der Waals surface area contributed by atoms with Crippen molar-refractivity contribution >= 4 is 39.0 Å². The fourth-order valence-corrected chi connectivity index (χ4v) is 4.78. The average molecular weight is 407 g/mol. The first-order chi connectivity index (χ1) is 12.9. The zero-order valence-corrected chi connectivity index (χ0v) is 15.9. The largest absolute Gasteiger partial charge is 0.337 e. The number of sulfonamides is 1. The lowest BCUT2D eigenvalue weighted by Crippen LogP contribution is -2.50. The molecule has 1 saturated heterocycles. The van der Waals surface area contributed by atoms with Crippen LogP contribution in [0.25, 0.3) is 6.08 Å². The maximum absolute atomic E-state index is 12.7. The second kappa shape index (κ2) is 7.99. The maximum Gasteiger partial charge on any atom is 0.270 e. The monoisotopic (exact) mass is 407 g/mol. The van der Waals surface area contributed by atoms with Crippen molar-refractivity contribution in [1.82, 2.24) is 9.21 Å². The summed E-state index contributed by atoms with van der Waals surface area (Å²) >= 11 is 1.52. The molecule has 2 aromatic rings. The van der Waals surface area contributed by atoms with E-state index in [1.165, 1.54) is 39.9 Å². The van der Waals surface area contributed by atoms with Crippen LogP contribution in [0.3, 0.4) is 0 Å². The van der Waals surface area contributed by atoms with E-state index in [4.69, 9.17) is 0 Å². The summed E-state index contributed by atoms with van der Waals surface area (Å²) in [5.41, 5.74) is -0.274. The summed E-state index contributed by atoms with van der Waals surface area (Å²) < 4.78 is 26.7. The van der Waals surface area contributed by atoms with Crippen LogP contribution in [0, 0.1) is 10.1 Å². The van der Waals surface area contributed by atoms with E-state index in [9.17, 15) is 23.3 Å². The van der Waals surface area contributed by atoms with Gasteiger partial charge in [0.2, 0.25) is 15.9 Å². The third-order valence-corrected chi connectivity index (χ3v) is 6.88. The lowest BCUT2D eigenvalue weighted by molar-refractivity contribution is -0.385. The molecule has 10 heteroatoms. The topological polar surface area (TPSA) is 101 Å². The lowest BCUT2D eigenvalue weighted by Gasteiger charge is -2.33. The van der Waals surface area contributed by atoms with Crippen LogP contribution in [0.1, 0.15) is 4.88 Å². The third kappa shape index (κ3) is 4.41. The smallest absolute Gasteiger partial charge is 0.270 e. The molecule has 3 rings (SSSR count). The molecule has 0 unspecified atom stereocenters. The van der Waals surface area contributed by atoms with E-state index >= 15 is 0 Å². The van der Waals surface area contributed by atoms with Crippen LogP contribution in [0.2, 0.25) is 0 Å². The standard InChI is InChI=1S/C17H17N3O5S2/c21-17(7-6-15-4-2-12-26-15)18-8-10-19(11-9-18)27(24,25)16-5-1-3-14(13-16)20(22)23/h1-7,12-13H,8-11H2/b7-6-. The molecule has 0 aliphatic carbocycles. The fourth-order valence-electron chi connectivity index (χ4n) is 2.70. The molecule has 0 bridgehead atoms. The number of rotatable bonds is 5. The highest BCUT2D eigenvalue weighted by molar-refractivity contribution is 7.89. The van der Waals surface area contributed by atoms with Gasteiger partial charge in [-0.25, -0.2) is 8.42 Å². The van der Waals surface area contributed by atoms with Gasteiger partial charge in [-0.1, -0.05) is 12.1 Å². The molecule has 0 N–H and O–H groups in total. The summed E-state index contributed by atoms with van der Waals surface area (Å²) in [5, 5.41) is 12.8. The normalized spacial score (nSPS) is 15.9. The number of non-ortho nitro benzene ring substituents is 1. The molecule has 27 heavy (non-hydrogen) atoms. The Morgan fingerprint density at radius 2 is 1.89 bits per heavy atom. The highest BCUT2D eigenvalue weighted by Gasteiger charge is 2.30. The zero-order valence-electron chi connectivity index (χ0n) is 14.2. The average Bonchev–Trinajstić information content (AvgIpc) is 3.20. The minimum atomic E-state index is -3.84. The van der Waals surface area contributed by atoms with Gasteiger partial charge >= 0.3 is 0 Å². The second-order valence-corrected chi connectivity index (χ2v) is 8.75. The third-order valence-electron chi connectivity index (χ3n) is 4.15. The van der Waals surface area contributed by atoms with Crippen LogP contribution in [0.5, 0.6) is 0 Å². The van der Waals surface area contributed by atoms with Crippen molar-refractivity contribution in [2.75, 3.05) is 26.2 Å². The number of piperazine rings is 1. The summed E-state index contributed by atoms with van der Waals surface area (Å²) in [6.45, 7) is 0.816. The number of nitro benzene ring substituents is 1. The first-order valence-electron chi connectivity index (χ1n) is 8.13. The SMILES string of the molecule is O=C(/C=C\c1cccs1)N1CCN(S(=O)(=O)c2cccc([N+](=O)[O-])c2)CC1. The molecule has 0 radical (unpaired) electrons. The molecule has 0 saturated carbocycles. The number of hydrogen-bond donors (Lipinski definition) is 0. The number of nitro groups is 1. The highest BCUT2D eigenvalue weighted by Crippen LogP contribution is 2.22. The molecule has 8 nitrogen and oxygen atoms in total. The van der Waals surface area contributed by atoms with Crippen molar-refractivity contribution in [2.45, 2.75) is 4.90 Å². The molecule has 142 valence electrons. The summed E-state index contributed by atoms with van der Waals surface area (Å²) in [5.74, 6) is -0.171. The van der Waals surface area contributed by atoms with E-state index in [-0.39, 0.29) is 42.7 Å². The van der Waals surface area contributed by atoms with E-state index in [0.29, 0.717) is 0 Å². The van der Waals surface area contributed by atoms with Crippen LogP contribution in [-0.4, -0.2) is 54.6 Å². The zero-order chi connectivity index (χ0) is 19.4. The van der Waals surface area contributed by atoms with Gasteiger partial charge in [0.1, 0.15) is 0 Å². The molecule has 1 amide bonds. The lowest BCUT2D eigenvalue weighted by atomic mass is 10.3. The molecule has 0 spiro atoms. The van der Waals surface area contributed by atoms with Crippen LogP contribution in [0.15, 0.2) is 52.7 Å². The molecule has 1 aromatic heterocycles. The summed E-state index contributed by atoms with van der Waals surface area (Å²) in [6, 6.07) is 8.78. The number of carbonyl (C=O) groups excluding carboxylic acids is 1. The molecule has 1 aliphatic rings. The number of benzene rings is 1. The van der Waals surface area contributed by atoms with E-state index in [2.05, 4.69) is 0 Å². The quantitative estimate of drug-likeness (QED) is 0.430. The maximum atomic E-state index is 12.7. The van der Waals surface area contributed by atoms with Crippen LogP contribution in [-0.2, 0) is 14.8 Å². The van der Waals surface area contributed by atoms with Crippen LogP contribution >= 0.6 is 11.3 Å². The fraction of sp³-hybridized carbons (Fsp3) is 0.235. The van der Waals surface area contributed by atoms with Gasteiger partial charge in [0.15, 0.2) is 0 Å². The van der Waals surface area contributed by atoms with Gasteiger partial charge in [-0.05, 0) is 23.6 Å². The van der Waals surface area contributed by atoms with Gasteiger partial charge in [0.25, 0.3) is 5.69 Å². The van der Waals surface area contributed by atoms with Crippen molar-refractivity contribution in [3.8, 4) is 0 Å². The molecular formula is C17H17N3O5S2. The van der Waals surface area contributed by atoms with Crippen molar-refractivity contribution in [3.05, 3.63) is 62.8 Å². The van der Waals surface area contributed by atoms with Crippen molar-refractivity contribution in [3.63, 3.8) is 0 Å². The number of amides is 1. The Kier molecular flexibility index (Phi) is 5.68. The van der Waals surface area contributed by atoms with Gasteiger partial charge in [-0.3, -0.25) is 14.9 Å². The second-order valence-electron chi connectivity index (χ2n) is 5.83. The summed E-state index contributed by atoms with van der Waals surface area (Å²) in [4.78, 5) is 24.9. The van der Waals surface area contributed by atoms with Crippen LogP contribution < -0.4 is 0 Å². The highest BCUT2D eigenvalue weighted by atomic mass is 32.2. The Balaban J connectivity index is 1.65. The molecule has 2 heterocycles. The number of hydrogen-bond acceptors (Lipinski definition) is 6. The van der Waals surface area contributed by atoms with Gasteiger partial charge in [-0.15, -0.1) is 11.3 Å². The molecule has 1 aromatic carbocycles. The van der Waals surface area contributed by atoms with Gasteiger partial charge < -0.3 is 4.90 Å². The number of nitrogens with zero attached hydrogens (tertiary/aromatic N) is 3. The molecular weight excluding hydrogens is 390 g/mol. The van der Waals surface area contributed by atoms with E-state index < -0.39 is 14.9 Å². The van der Waals surface area contributed by atoms with E-state index in [1.54, 1.807) is 11.0 Å². The summed E-state index contributed by atoms with van der Waals surface area (Å²) in [6.07, 6.45) is 3.22. The molecule has 1 aliphatic heterocycles. The van der Waals surface area contributed by atoms with Gasteiger partial charge in [-0.2, -0.15) is 4.31 Å². The Morgan fingerprint density at radius 3 is 2.52 bits per heavy atom. The van der Waals surface area contributed by atoms with Gasteiger partial charge in [0.05, 0.1) is 9.82 Å². The predicted molar refractivity (Wildman–Crippen MR) is 102 cm³/mol. The molecule has 1 fully saturated rings. The Hall–Kier alpha value is -2.56. The van der Waals surface area contributed by atoms with Crippen molar-refractivity contribution in [2.24, 2.45) is 0 Å². The molecule has 0 atom stereocenters. The Bertz CT molecular complexity index is 962. The number of carbonyl (C=O) groups is 1. The Morgan fingerprint density at radius 1 is 1.15 bits per heavy atom. The van der Waals surface area contributed by atoms with Crippen molar-refractivity contribution < 1.29 is 18.1 Å².